The van der Waals surface area contributed by atoms with Gasteiger partial charge in [-0.1, -0.05) is 18.2 Å². The quantitative estimate of drug-likeness (QED) is 0.388. The first-order valence-electron chi connectivity index (χ1n) is 11.8. The van der Waals surface area contributed by atoms with Crippen molar-refractivity contribution in [3.63, 3.8) is 0 Å². The van der Waals surface area contributed by atoms with E-state index in [-0.39, 0.29) is 17.8 Å². The van der Waals surface area contributed by atoms with Crippen molar-refractivity contribution in [1.82, 2.24) is 19.9 Å². The highest BCUT2D eigenvalue weighted by molar-refractivity contribution is 6.27. The highest BCUT2D eigenvalue weighted by Gasteiger charge is 2.33. The third kappa shape index (κ3) is 4.22. The van der Waals surface area contributed by atoms with Crippen LogP contribution < -0.4 is 15.1 Å². The van der Waals surface area contributed by atoms with Gasteiger partial charge >= 0.3 is 0 Å². The molecule has 6 rings (SSSR count). The molecular formula is C26H24ClN7O2. The first-order valence-corrected chi connectivity index (χ1v) is 12.4. The lowest BCUT2D eigenvalue weighted by molar-refractivity contribution is -0.129. The van der Waals surface area contributed by atoms with Gasteiger partial charge in [-0.25, -0.2) is 15.0 Å². The number of aromatic amines is 1. The van der Waals surface area contributed by atoms with Crippen molar-refractivity contribution in [2.75, 3.05) is 29.3 Å². The summed E-state index contributed by atoms with van der Waals surface area (Å²) in [4.78, 5) is 26.0. The number of hydrogen-bond donors (Lipinski definition) is 2. The number of para-hydroxylation sites is 1. The Kier molecular flexibility index (Phi) is 5.90. The summed E-state index contributed by atoms with van der Waals surface area (Å²) in [6, 6.07) is 17.5. The number of hydrogen-bond acceptors (Lipinski definition) is 7. The average molecular weight is 502 g/mol. The Labute approximate surface area is 212 Å². The number of nitrogens with zero attached hydrogens (tertiary/aromatic N) is 5. The van der Waals surface area contributed by atoms with E-state index in [0.717, 1.165) is 52.4 Å². The molecule has 2 aliphatic rings. The van der Waals surface area contributed by atoms with Crippen LogP contribution in [0.1, 0.15) is 18.4 Å². The lowest BCUT2D eigenvalue weighted by Crippen LogP contribution is -2.47. The number of nitrogens with one attached hydrogen (secondary N) is 2. The Bertz CT molecular complexity index is 1410. The van der Waals surface area contributed by atoms with Crippen LogP contribution in [0.25, 0.3) is 11.0 Å². The minimum absolute atomic E-state index is 0.00895. The number of benzene rings is 2. The number of ether oxygens (including phenoxy) is 1. The maximum atomic E-state index is 12.0. The molecule has 1 fully saturated rings. The van der Waals surface area contributed by atoms with Crippen molar-refractivity contribution in [2.45, 2.75) is 18.9 Å². The van der Waals surface area contributed by atoms with Crippen LogP contribution in [0.5, 0.6) is 11.5 Å². The smallest absolute Gasteiger partial charge is 0.237 e. The standard InChI is InChI=1S/C26H24ClN7O2/c27-14-22(35)33-12-10-18(11-13-33)34-26-23-21(15-28-25(23)29-16-30-26)24(32-34)31-17-6-8-20(9-7-17)36-19-4-2-1-3-5-19/h1-9,15-16,18H,10-14H2,(H,31,32)(H,28,29,30). The first kappa shape index (κ1) is 22.4. The molecule has 2 aromatic heterocycles. The molecule has 2 N–H and O–H groups in total. The molecule has 2 aromatic carbocycles. The fourth-order valence-corrected chi connectivity index (χ4v) is 4.84. The summed E-state index contributed by atoms with van der Waals surface area (Å²) in [5.41, 5.74) is 2.55. The topological polar surface area (TPSA) is 98.7 Å². The molecule has 1 saturated heterocycles. The van der Waals surface area contributed by atoms with Crippen molar-refractivity contribution in [3.05, 3.63) is 72.7 Å². The first-order chi connectivity index (χ1) is 17.7. The summed E-state index contributed by atoms with van der Waals surface area (Å²) in [7, 11) is 0. The van der Waals surface area contributed by atoms with Gasteiger partial charge in [0.25, 0.3) is 0 Å². The van der Waals surface area contributed by atoms with Gasteiger partial charge in [-0.15, -0.1) is 11.6 Å². The average Bonchev–Trinajstić information content (AvgIpc) is 3.37. The lowest BCUT2D eigenvalue weighted by atomic mass is 10.0. The zero-order valence-corrected chi connectivity index (χ0v) is 20.2. The molecule has 0 bridgehead atoms. The van der Waals surface area contributed by atoms with E-state index in [9.17, 15) is 4.79 Å². The van der Waals surface area contributed by atoms with Crippen molar-refractivity contribution in [3.8, 4) is 11.5 Å². The second-order valence-electron chi connectivity index (χ2n) is 8.73. The zero-order chi connectivity index (χ0) is 24.5. The molecular weight excluding hydrogens is 478 g/mol. The van der Waals surface area contributed by atoms with Crippen molar-refractivity contribution >= 4 is 45.9 Å². The lowest BCUT2D eigenvalue weighted by Gasteiger charge is -2.38. The molecule has 182 valence electrons. The Morgan fingerprint density at radius 2 is 1.81 bits per heavy atom. The number of carbonyl (C=O) groups is 1. The normalized spacial score (nSPS) is 15.6. The maximum Gasteiger partial charge on any atom is 0.237 e. The molecule has 0 unspecified atom stereocenters. The SMILES string of the molecule is O=C(CCl)N1CCC(N2N=C(Nc3ccc(Oc4ccccc4)cc3)c3c[nH]c4ncnc2c34)CC1. The van der Waals surface area contributed by atoms with E-state index in [1.165, 1.54) is 0 Å². The van der Waals surface area contributed by atoms with Crippen molar-refractivity contribution in [1.29, 1.82) is 0 Å². The minimum Gasteiger partial charge on any atom is -0.457 e. The fraction of sp³-hybridized carbons (Fsp3) is 0.231. The molecule has 0 aliphatic carbocycles. The summed E-state index contributed by atoms with van der Waals surface area (Å²) >= 11 is 5.75. The number of halogens is 1. The number of alkyl halides is 1. The molecule has 0 atom stereocenters. The zero-order valence-electron chi connectivity index (χ0n) is 19.4. The number of amidine groups is 1. The number of likely N-dealkylation sites (tertiary alicyclic amines) is 1. The maximum absolute atomic E-state index is 12.0. The molecule has 10 heteroatoms. The molecule has 9 nitrogen and oxygen atoms in total. The Morgan fingerprint density at radius 1 is 1.06 bits per heavy atom. The summed E-state index contributed by atoms with van der Waals surface area (Å²) in [5, 5.41) is 11.4. The van der Waals surface area contributed by atoms with Crippen LogP contribution in [-0.4, -0.2) is 56.6 Å². The van der Waals surface area contributed by atoms with Gasteiger partial charge in [-0.2, -0.15) is 5.10 Å². The summed E-state index contributed by atoms with van der Waals surface area (Å²) in [6.45, 7) is 1.28. The van der Waals surface area contributed by atoms with Crippen LogP contribution in [-0.2, 0) is 4.79 Å². The van der Waals surface area contributed by atoms with Gasteiger partial charge in [0.15, 0.2) is 11.7 Å². The van der Waals surface area contributed by atoms with Crippen LogP contribution in [0.4, 0.5) is 11.5 Å². The number of piperidine rings is 1. The van der Waals surface area contributed by atoms with Crippen LogP contribution in [0, 0.1) is 0 Å². The van der Waals surface area contributed by atoms with E-state index < -0.39 is 0 Å². The highest BCUT2D eigenvalue weighted by atomic mass is 35.5. The number of anilines is 2. The third-order valence-electron chi connectivity index (χ3n) is 6.50. The molecule has 0 spiro atoms. The minimum atomic E-state index is -0.0309. The van der Waals surface area contributed by atoms with Crippen LogP contribution in [0.3, 0.4) is 0 Å². The van der Waals surface area contributed by atoms with Gasteiger partial charge in [0.05, 0.1) is 11.4 Å². The molecule has 0 saturated carbocycles. The van der Waals surface area contributed by atoms with Gasteiger partial charge in [0.1, 0.15) is 29.4 Å². The molecule has 36 heavy (non-hydrogen) atoms. The molecule has 2 aliphatic heterocycles. The molecule has 4 heterocycles. The van der Waals surface area contributed by atoms with E-state index in [1.807, 2.05) is 70.7 Å². The van der Waals surface area contributed by atoms with Crippen LogP contribution in [0.15, 0.2) is 72.2 Å². The van der Waals surface area contributed by atoms with Gasteiger partial charge in [0.2, 0.25) is 5.91 Å². The predicted octanol–water partition coefficient (Wildman–Crippen LogP) is 4.57. The Morgan fingerprint density at radius 3 is 2.56 bits per heavy atom. The van der Waals surface area contributed by atoms with E-state index in [0.29, 0.717) is 18.9 Å². The van der Waals surface area contributed by atoms with E-state index >= 15 is 0 Å². The third-order valence-corrected chi connectivity index (χ3v) is 6.73. The van der Waals surface area contributed by atoms with E-state index in [2.05, 4.69) is 20.3 Å². The fourth-order valence-electron chi connectivity index (χ4n) is 4.67. The predicted molar refractivity (Wildman–Crippen MR) is 140 cm³/mol. The van der Waals surface area contributed by atoms with Crippen molar-refractivity contribution < 1.29 is 9.53 Å². The Balaban J connectivity index is 1.26. The van der Waals surface area contributed by atoms with Gasteiger partial charge in [-0.05, 0) is 49.2 Å². The summed E-state index contributed by atoms with van der Waals surface area (Å²) in [6.07, 6.45) is 5.00. The highest BCUT2D eigenvalue weighted by Crippen LogP contribution is 2.35. The van der Waals surface area contributed by atoms with Crippen LogP contribution in [0.2, 0.25) is 0 Å². The largest absolute Gasteiger partial charge is 0.457 e. The Hall–Kier alpha value is -4.11. The number of rotatable bonds is 5. The van der Waals surface area contributed by atoms with Gasteiger partial charge in [0, 0.05) is 30.5 Å². The van der Waals surface area contributed by atoms with Gasteiger partial charge < -0.3 is 19.9 Å². The van der Waals surface area contributed by atoms with E-state index in [1.54, 1.807) is 6.33 Å². The summed E-state index contributed by atoms with van der Waals surface area (Å²) < 4.78 is 5.91. The monoisotopic (exact) mass is 501 g/mol. The molecule has 1 amide bonds. The number of hydrazone groups is 1. The van der Waals surface area contributed by atoms with E-state index in [4.69, 9.17) is 21.4 Å². The second-order valence-corrected chi connectivity index (χ2v) is 8.99. The summed E-state index contributed by atoms with van der Waals surface area (Å²) in [5.74, 6) is 3.00. The van der Waals surface area contributed by atoms with Gasteiger partial charge in [-0.3, -0.25) is 4.79 Å². The van der Waals surface area contributed by atoms with Crippen LogP contribution >= 0.6 is 11.6 Å². The number of carbonyl (C=O) groups excluding carboxylic acids is 1. The number of aromatic nitrogens is 3. The number of amides is 1. The molecule has 0 radical (unpaired) electrons. The number of H-pyrrole nitrogens is 1. The van der Waals surface area contributed by atoms with Crippen molar-refractivity contribution in [2.24, 2.45) is 5.10 Å². The second kappa shape index (κ2) is 9.50. The molecule has 4 aromatic rings.